The highest BCUT2D eigenvalue weighted by atomic mass is 19.1. The first-order valence-electron chi connectivity index (χ1n) is 4.68. The van der Waals surface area contributed by atoms with Crippen LogP contribution in [0.25, 0.3) is 0 Å². The molecule has 1 rings (SSSR count). The minimum Gasteiger partial charge on any atom is -0.244 e. The van der Waals surface area contributed by atoms with E-state index < -0.39 is 5.67 Å². The molecule has 1 heteroatoms. The summed E-state index contributed by atoms with van der Waals surface area (Å²) in [5.41, 5.74) is -0.894. The largest absolute Gasteiger partial charge is 0.244 e. The van der Waals surface area contributed by atoms with Crippen LogP contribution in [0.5, 0.6) is 0 Å². The lowest BCUT2D eigenvalue weighted by molar-refractivity contribution is 0.134. The second-order valence-corrected chi connectivity index (χ2v) is 4.61. The lowest BCUT2D eigenvalue weighted by Gasteiger charge is -2.21. The lowest BCUT2D eigenvalue weighted by Crippen LogP contribution is -2.20. The average molecular weight is 158 g/mol. The molecule has 0 saturated heterocycles. The Bertz CT molecular complexity index is 115. The predicted octanol–water partition coefficient (Wildman–Crippen LogP) is 3.56. The molecule has 0 N–H and O–H groups in total. The monoisotopic (exact) mass is 158 g/mol. The number of hydrogen-bond acceptors (Lipinski definition) is 0. The van der Waals surface area contributed by atoms with Crippen molar-refractivity contribution in [3.63, 3.8) is 0 Å². The second kappa shape index (κ2) is 3.12. The Hall–Kier alpha value is -0.0700. The Balaban J connectivity index is 2.55. The molecule has 0 aromatic carbocycles. The maximum absolute atomic E-state index is 13.6. The van der Waals surface area contributed by atoms with Crippen LogP contribution in [-0.4, -0.2) is 5.67 Å². The van der Waals surface area contributed by atoms with Crippen molar-refractivity contribution in [2.75, 3.05) is 0 Å². The van der Waals surface area contributed by atoms with E-state index in [1.807, 2.05) is 0 Å². The summed E-state index contributed by atoms with van der Waals surface area (Å²) < 4.78 is 13.6. The Kier molecular flexibility index (Phi) is 2.56. The van der Waals surface area contributed by atoms with E-state index in [1.54, 1.807) is 6.92 Å². The van der Waals surface area contributed by atoms with Crippen LogP contribution in [0.1, 0.15) is 46.5 Å². The Morgan fingerprint density at radius 1 is 1.09 bits per heavy atom. The number of alkyl halides is 1. The van der Waals surface area contributed by atoms with Crippen LogP contribution in [0, 0.1) is 11.8 Å². The highest BCUT2D eigenvalue weighted by molar-refractivity contribution is 4.81. The van der Waals surface area contributed by atoms with Crippen molar-refractivity contribution < 1.29 is 4.39 Å². The van der Waals surface area contributed by atoms with E-state index in [0.717, 1.165) is 12.8 Å². The summed E-state index contributed by atoms with van der Waals surface area (Å²) >= 11 is 0. The van der Waals surface area contributed by atoms with Crippen molar-refractivity contribution in [2.24, 2.45) is 11.8 Å². The molecule has 11 heavy (non-hydrogen) atoms. The average Bonchev–Trinajstić information content (AvgIpc) is 1.89. The van der Waals surface area contributed by atoms with E-state index in [1.165, 1.54) is 12.8 Å². The summed E-state index contributed by atoms with van der Waals surface area (Å²) in [4.78, 5) is 0. The SMILES string of the molecule is CC1CCC(C)CC(C)(F)C1. The molecule has 0 bridgehead atoms. The van der Waals surface area contributed by atoms with E-state index in [0.29, 0.717) is 11.8 Å². The van der Waals surface area contributed by atoms with Crippen molar-refractivity contribution in [1.82, 2.24) is 0 Å². The molecule has 2 atom stereocenters. The molecular formula is C10H19F. The Morgan fingerprint density at radius 3 is 1.82 bits per heavy atom. The highest BCUT2D eigenvalue weighted by Crippen LogP contribution is 2.36. The van der Waals surface area contributed by atoms with Gasteiger partial charge in [0, 0.05) is 0 Å². The van der Waals surface area contributed by atoms with Gasteiger partial charge in [0.15, 0.2) is 0 Å². The van der Waals surface area contributed by atoms with Gasteiger partial charge in [-0.25, -0.2) is 4.39 Å². The highest BCUT2D eigenvalue weighted by Gasteiger charge is 2.30. The van der Waals surface area contributed by atoms with Crippen molar-refractivity contribution in [1.29, 1.82) is 0 Å². The Morgan fingerprint density at radius 2 is 1.45 bits per heavy atom. The summed E-state index contributed by atoms with van der Waals surface area (Å²) in [6.45, 7) is 6.08. The summed E-state index contributed by atoms with van der Waals surface area (Å²) in [6, 6.07) is 0. The minimum atomic E-state index is -0.894. The fraction of sp³-hybridized carbons (Fsp3) is 1.00. The van der Waals surface area contributed by atoms with Crippen molar-refractivity contribution in [3.8, 4) is 0 Å². The summed E-state index contributed by atoms with van der Waals surface area (Å²) in [7, 11) is 0. The van der Waals surface area contributed by atoms with Crippen molar-refractivity contribution in [3.05, 3.63) is 0 Å². The number of hydrogen-bond donors (Lipinski definition) is 0. The van der Waals surface area contributed by atoms with Gasteiger partial charge in [-0.05, 0) is 31.6 Å². The van der Waals surface area contributed by atoms with Gasteiger partial charge in [0.2, 0.25) is 0 Å². The number of halogens is 1. The first-order chi connectivity index (χ1) is 4.99. The van der Waals surface area contributed by atoms with Gasteiger partial charge >= 0.3 is 0 Å². The van der Waals surface area contributed by atoms with Gasteiger partial charge in [-0.3, -0.25) is 0 Å². The van der Waals surface area contributed by atoms with Crippen LogP contribution >= 0.6 is 0 Å². The summed E-state index contributed by atoms with van der Waals surface area (Å²) in [5.74, 6) is 1.16. The standard InChI is InChI=1S/C10H19F/c1-8-4-5-9(2)7-10(3,11)6-8/h8-9H,4-7H2,1-3H3. The normalized spacial score (nSPS) is 46.9. The molecular weight excluding hydrogens is 139 g/mol. The Labute approximate surface area is 69.2 Å². The first-order valence-corrected chi connectivity index (χ1v) is 4.68. The van der Waals surface area contributed by atoms with E-state index in [2.05, 4.69) is 13.8 Å². The van der Waals surface area contributed by atoms with E-state index >= 15 is 0 Å². The molecule has 66 valence electrons. The quantitative estimate of drug-likeness (QED) is 0.473. The van der Waals surface area contributed by atoms with E-state index in [-0.39, 0.29) is 0 Å². The maximum Gasteiger partial charge on any atom is 0.108 e. The van der Waals surface area contributed by atoms with Crippen LogP contribution in [0.2, 0.25) is 0 Å². The fourth-order valence-corrected chi connectivity index (χ4v) is 2.31. The smallest absolute Gasteiger partial charge is 0.108 e. The third kappa shape index (κ3) is 2.80. The third-order valence-corrected chi connectivity index (χ3v) is 2.70. The number of rotatable bonds is 0. The first kappa shape index (κ1) is 9.02. The zero-order valence-corrected chi connectivity index (χ0v) is 7.86. The van der Waals surface area contributed by atoms with Gasteiger partial charge in [0.05, 0.1) is 0 Å². The molecule has 0 nitrogen and oxygen atoms in total. The maximum atomic E-state index is 13.6. The van der Waals surface area contributed by atoms with Gasteiger partial charge in [-0.1, -0.05) is 26.7 Å². The molecule has 1 fully saturated rings. The molecule has 0 aromatic heterocycles. The summed E-state index contributed by atoms with van der Waals surface area (Å²) in [6.07, 6.45) is 3.94. The lowest BCUT2D eigenvalue weighted by atomic mass is 9.92. The van der Waals surface area contributed by atoms with E-state index in [9.17, 15) is 4.39 Å². The van der Waals surface area contributed by atoms with Crippen LogP contribution in [-0.2, 0) is 0 Å². The van der Waals surface area contributed by atoms with Crippen LogP contribution in [0.4, 0.5) is 4.39 Å². The fourth-order valence-electron chi connectivity index (χ4n) is 2.31. The molecule has 0 amide bonds. The predicted molar refractivity (Wildman–Crippen MR) is 46.3 cm³/mol. The molecule has 0 aliphatic heterocycles. The van der Waals surface area contributed by atoms with Crippen LogP contribution in [0.15, 0.2) is 0 Å². The van der Waals surface area contributed by atoms with E-state index in [4.69, 9.17) is 0 Å². The molecule has 2 unspecified atom stereocenters. The molecule has 0 radical (unpaired) electrons. The molecule has 0 spiro atoms. The van der Waals surface area contributed by atoms with Gasteiger partial charge in [0.25, 0.3) is 0 Å². The molecule has 1 aliphatic carbocycles. The third-order valence-electron chi connectivity index (χ3n) is 2.70. The van der Waals surface area contributed by atoms with Crippen molar-refractivity contribution >= 4 is 0 Å². The zero-order valence-electron chi connectivity index (χ0n) is 7.86. The second-order valence-electron chi connectivity index (χ2n) is 4.61. The molecule has 0 heterocycles. The molecule has 1 aliphatic rings. The van der Waals surface area contributed by atoms with Gasteiger partial charge in [-0.2, -0.15) is 0 Å². The summed E-state index contributed by atoms with van der Waals surface area (Å²) in [5, 5.41) is 0. The van der Waals surface area contributed by atoms with Gasteiger partial charge in [0.1, 0.15) is 5.67 Å². The topological polar surface area (TPSA) is 0 Å². The van der Waals surface area contributed by atoms with Gasteiger partial charge in [-0.15, -0.1) is 0 Å². The minimum absolute atomic E-state index is 0.579. The van der Waals surface area contributed by atoms with Crippen LogP contribution < -0.4 is 0 Å². The molecule has 1 saturated carbocycles. The zero-order chi connectivity index (χ0) is 8.48. The van der Waals surface area contributed by atoms with Crippen molar-refractivity contribution in [2.45, 2.75) is 52.1 Å². The van der Waals surface area contributed by atoms with Gasteiger partial charge < -0.3 is 0 Å². The molecule has 0 aromatic rings. The van der Waals surface area contributed by atoms with Crippen LogP contribution in [0.3, 0.4) is 0 Å².